The molecule has 2 heterocycles. The van der Waals surface area contributed by atoms with E-state index < -0.39 is 0 Å². The van der Waals surface area contributed by atoms with Gasteiger partial charge in [-0.3, -0.25) is 0 Å². The minimum atomic E-state index is 0.790. The Morgan fingerprint density at radius 3 is 2.91 bits per heavy atom. The molecule has 4 nitrogen and oxygen atoms in total. The van der Waals surface area contributed by atoms with Crippen LogP contribution in [0.3, 0.4) is 0 Å². The quantitative estimate of drug-likeness (QED) is 0.565. The molecule has 0 aliphatic heterocycles. The average Bonchev–Trinajstić information content (AvgIpc) is 2.35. The highest BCUT2D eigenvalue weighted by atomic mass is 16.5. The molecular weight excluding hydrogens is 142 g/mol. The van der Waals surface area contributed by atoms with Crippen LogP contribution in [0.5, 0.6) is 0 Å². The number of hydrogen-bond donors (Lipinski definition) is 0. The molecule has 2 aromatic rings. The lowest BCUT2D eigenvalue weighted by atomic mass is 10.2. The fraction of sp³-hybridized carbons (Fsp3) is 0.286. The highest BCUT2D eigenvalue weighted by Gasteiger charge is 2.06. The first-order valence-electron chi connectivity index (χ1n) is 3.33. The zero-order chi connectivity index (χ0) is 7.84. The number of aromatic nitrogens is 3. The molecule has 4 heteroatoms. The standard InChI is InChI=1S/C7H7N3O/c1-4-7-6(3-8-9-4)5(2)11-10-7/h3H,1-2H3. The number of rotatable bonds is 0. The lowest BCUT2D eigenvalue weighted by Crippen LogP contribution is -1.85. The molecule has 0 saturated heterocycles. The summed E-state index contributed by atoms with van der Waals surface area (Å²) in [5.74, 6) is 0.790. The van der Waals surface area contributed by atoms with Crippen molar-refractivity contribution >= 4 is 10.9 Å². The fourth-order valence-electron chi connectivity index (χ4n) is 1.01. The Morgan fingerprint density at radius 2 is 2.18 bits per heavy atom. The van der Waals surface area contributed by atoms with E-state index >= 15 is 0 Å². The molecule has 0 bridgehead atoms. The van der Waals surface area contributed by atoms with E-state index in [0.717, 1.165) is 22.4 Å². The van der Waals surface area contributed by atoms with Gasteiger partial charge in [-0.15, -0.1) is 0 Å². The Bertz CT molecular complexity index is 393. The summed E-state index contributed by atoms with van der Waals surface area (Å²) in [5.41, 5.74) is 1.61. The molecule has 0 radical (unpaired) electrons. The lowest BCUT2D eigenvalue weighted by Gasteiger charge is -1.87. The zero-order valence-electron chi connectivity index (χ0n) is 6.33. The molecule has 0 aliphatic rings. The van der Waals surface area contributed by atoms with Crippen LogP contribution in [0.25, 0.3) is 10.9 Å². The van der Waals surface area contributed by atoms with Crippen molar-refractivity contribution in [1.29, 1.82) is 0 Å². The molecule has 0 amide bonds. The first-order chi connectivity index (χ1) is 5.29. The highest BCUT2D eigenvalue weighted by Crippen LogP contribution is 2.16. The van der Waals surface area contributed by atoms with E-state index in [1.54, 1.807) is 6.20 Å². The largest absolute Gasteiger partial charge is 0.360 e. The van der Waals surface area contributed by atoms with Gasteiger partial charge in [-0.25, -0.2) is 0 Å². The van der Waals surface area contributed by atoms with Crippen molar-refractivity contribution in [2.24, 2.45) is 0 Å². The molecule has 11 heavy (non-hydrogen) atoms. The van der Waals surface area contributed by atoms with Crippen LogP contribution in [0.2, 0.25) is 0 Å². The first-order valence-corrected chi connectivity index (χ1v) is 3.33. The molecule has 0 aromatic carbocycles. The summed E-state index contributed by atoms with van der Waals surface area (Å²) in [7, 11) is 0. The molecule has 56 valence electrons. The predicted molar refractivity (Wildman–Crippen MR) is 39.1 cm³/mol. The van der Waals surface area contributed by atoms with Crippen LogP contribution in [0.1, 0.15) is 11.5 Å². The summed E-state index contributed by atoms with van der Waals surface area (Å²) in [6, 6.07) is 0. The van der Waals surface area contributed by atoms with Crippen LogP contribution < -0.4 is 0 Å². The number of aryl methyl sites for hydroxylation is 2. The summed E-state index contributed by atoms with van der Waals surface area (Å²) in [4.78, 5) is 0. The van der Waals surface area contributed by atoms with Gasteiger partial charge in [-0.05, 0) is 13.8 Å². The number of hydrogen-bond acceptors (Lipinski definition) is 4. The van der Waals surface area contributed by atoms with Crippen LogP contribution in [-0.4, -0.2) is 15.4 Å². The maximum Gasteiger partial charge on any atom is 0.143 e. The summed E-state index contributed by atoms with van der Waals surface area (Å²) in [5, 5.41) is 12.4. The van der Waals surface area contributed by atoms with Crippen LogP contribution in [0.15, 0.2) is 10.7 Å². The maximum absolute atomic E-state index is 4.97. The summed E-state index contributed by atoms with van der Waals surface area (Å²) < 4.78 is 4.97. The van der Waals surface area contributed by atoms with Crippen molar-refractivity contribution in [3.63, 3.8) is 0 Å². The topological polar surface area (TPSA) is 51.8 Å². The smallest absolute Gasteiger partial charge is 0.143 e. The van der Waals surface area contributed by atoms with Crippen molar-refractivity contribution in [2.75, 3.05) is 0 Å². The summed E-state index contributed by atoms with van der Waals surface area (Å²) >= 11 is 0. The van der Waals surface area contributed by atoms with Gasteiger partial charge < -0.3 is 4.52 Å². The lowest BCUT2D eigenvalue weighted by molar-refractivity contribution is 0.405. The third kappa shape index (κ3) is 0.790. The third-order valence-corrected chi connectivity index (χ3v) is 1.65. The van der Waals surface area contributed by atoms with Crippen molar-refractivity contribution in [2.45, 2.75) is 13.8 Å². The molecule has 0 unspecified atom stereocenters. The molecular formula is C7H7N3O. The molecule has 2 aromatic heterocycles. The van der Waals surface area contributed by atoms with Crippen molar-refractivity contribution in [3.05, 3.63) is 17.7 Å². The summed E-state index contributed by atoms with van der Waals surface area (Å²) in [6.07, 6.45) is 1.66. The second-order valence-corrected chi connectivity index (χ2v) is 2.43. The van der Waals surface area contributed by atoms with Gasteiger partial charge in [0.15, 0.2) is 0 Å². The van der Waals surface area contributed by atoms with E-state index in [-0.39, 0.29) is 0 Å². The predicted octanol–water partition coefficient (Wildman–Crippen LogP) is 1.23. The van der Waals surface area contributed by atoms with Crippen molar-refractivity contribution < 1.29 is 4.52 Å². The van der Waals surface area contributed by atoms with E-state index in [4.69, 9.17) is 4.52 Å². The second-order valence-electron chi connectivity index (χ2n) is 2.43. The molecule has 2 rings (SSSR count). The Labute approximate surface area is 63.2 Å². The van der Waals surface area contributed by atoms with Crippen LogP contribution in [-0.2, 0) is 0 Å². The van der Waals surface area contributed by atoms with Gasteiger partial charge in [0, 0.05) is 0 Å². The van der Waals surface area contributed by atoms with Crippen LogP contribution in [0, 0.1) is 13.8 Å². The van der Waals surface area contributed by atoms with E-state index in [1.165, 1.54) is 0 Å². The average molecular weight is 149 g/mol. The SMILES string of the molecule is Cc1onc2c(C)nncc12. The van der Waals surface area contributed by atoms with Gasteiger partial charge in [0.05, 0.1) is 17.3 Å². The van der Waals surface area contributed by atoms with Gasteiger partial charge in [0.1, 0.15) is 11.3 Å². The van der Waals surface area contributed by atoms with Crippen LogP contribution in [0.4, 0.5) is 0 Å². The minimum absolute atomic E-state index is 0.790. The molecule has 0 saturated carbocycles. The van der Waals surface area contributed by atoms with Gasteiger partial charge in [-0.1, -0.05) is 5.16 Å². The van der Waals surface area contributed by atoms with E-state index in [1.807, 2.05) is 13.8 Å². The highest BCUT2D eigenvalue weighted by molar-refractivity contribution is 5.80. The van der Waals surface area contributed by atoms with Gasteiger partial charge in [-0.2, -0.15) is 10.2 Å². The Balaban J connectivity index is 2.94. The van der Waals surface area contributed by atoms with E-state index in [9.17, 15) is 0 Å². The molecule has 0 atom stereocenters. The zero-order valence-corrected chi connectivity index (χ0v) is 6.33. The molecule has 0 aliphatic carbocycles. The van der Waals surface area contributed by atoms with Crippen molar-refractivity contribution in [1.82, 2.24) is 15.4 Å². The van der Waals surface area contributed by atoms with Crippen molar-refractivity contribution in [3.8, 4) is 0 Å². The maximum atomic E-state index is 4.97. The summed E-state index contributed by atoms with van der Waals surface area (Å²) in [6.45, 7) is 3.72. The third-order valence-electron chi connectivity index (χ3n) is 1.65. The normalized spacial score (nSPS) is 10.7. The van der Waals surface area contributed by atoms with E-state index in [2.05, 4.69) is 15.4 Å². The second kappa shape index (κ2) is 2.02. The Morgan fingerprint density at radius 1 is 1.36 bits per heavy atom. The first kappa shape index (κ1) is 6.27. The van der Waals surface area contributed by atoms with Gasteiger partial charge in [0.2, 0.25) is 0 Å². The van der Waals surface area contributed by atoms with Gasteiger partial charge in [0.25, 0.3) is 0 Å². The Hall–Kier alpha value is -1.45. The number of nitrogens with zero attached hydrogens (tertiary/aromatic N) is 3. The number of fused-ring (bicyclic) bond motifs is 1. The Kier molecular flexibility index (Phi) is 1.15. The van der Waals surface area contributed by atoms with E-state index in [0.29, 0.717) is 0 Å². The van der Waals surface area contributed by atoms with Gasteiger partial charge >= 0.3 is 0 Å². The fourth-order valence-corrected chi connectivity index (χ4v) is 1.01. The molecule has 0 N–H and O–H groups in total. The minimum Gasteiger partial charge on any atom is -0.360 e. The molecule has 0 fully saturated rings. The monoisotopic (exact) mass is 149 g/mol. The molecule has 0 spiro atoms. The van der Waals surface area contributed by atoms with Crippen LogP contribution >= 0.6 is 0 Å².